The Morgan fingerprint density at radius 1 is 1.15 bits per heavy atom. The minimum Gasteiger partial charge on any atom is -0.550 e. The first kappa shape index (κ1) is 24.7. The second-order valence-electron chi connectivity index (χ2n) is 5.83. The topological polar surface area (TPSA) is 105 Å². The Hall–Kier alpha value is -1.28. The molecule has 2 atom stereocenters. The number of esters is 1. The first-order valence-corrected chi connectivity index (χ1v) is 8.13. The van der Waals surface area contributed by atoms with Gasteiger partial charge in [0.05, 0.1) is 0 Å². The van der Waals surface area contributed by atoms with Gasteiger partial charge in [-0.2, -0.15) is 0 Å². The maximum absolute atomic E-state index is 11.9. The molecule has 2 unspecified atom stereocenters. The van der Waals surface area contributed by atoms with E-state index in [-0.39, 0.29) is 48.4 Å². The Balaban J connectivity index is 0.00000625. The molecule has 0 radical (unpaired) electrons. The molecule has 9 heteroatoms. The van der Waals surface area contributed by atoms with Crippen LogP contribution < -0.4 is 40.0 Å². The summed E-state index contributed by atoms with van der Waals surface area (Å²) in [6.07, 6.45) is -2.11. The number of carbonyl (C=O) groups is 3. The molecule has 7 nitrogen and oxygen atoms in total. The van der Waals surface area contributed by atoms with Crippen LogP contribution in [0.15, 0.2) is 24.3 Å². The summed E-state index contributed by atoms with van der Waals surface area (Å²) in [6.45, 7) is 4.69. The fourth-order valence-corrected chi connectivity index (χ4v) is 2.18. The van der Waals surface area contributed by atoms with Crippen LogP contribution in [-0.4, -0.2) is 30.9 Å². The third kappa shape index (κ3) is 9.43. The van der Waals surface area contributed by atoms with Crippen LogP contribution in [0.5, 0.6) is 0 Å². The monoisotopic (exact) mass is 393 g/mol. The molecule has 26 heavy (non-hydrogen) atoms. The van der Waals surface area contributed by atoms with Crippen LogP contribution >= 0.6 is 11.6 Å². The van der Waals surface area contributed by atoms with E-state index in [4.69, 9.17) is 21.1 Å². The van der Waals surface area contributed by atoms with E-state index in [2.05, 4.69) is 5.32 Å². The number of ether oxygens (including phenoxy) is 2. The molecule has 0 heterocycles. The molecule has 138 valence electrons. The molecule has 0 aliphatic heterocycles. The molecule has 0 saturated carbocycles. The van der Waals surface area contributed by atoms with E-state index < -0.39 is 30.2 Å². The third-order valence-electron chi connectivity index (χ3n) is 3.30. The first-order valence-electron chi connectivity index (χ1n) is 7.76. The Morgan fingerprint density at radius 2 is 1.73 bits per heavy atom. The van der Waals surface area contributed by atoms with Crippen molar-refractivity contribution in [3.63, 3.8) is 0 Å². The van der Waals surface area contributed by atoms with Crippen molar-refractivity contribution in [1.82, 2.24) is 5.32 Å². The third-order valence-corrected chi connectivity index (χ3v) is 3.55. The van der Waals surface area contributed by atoms with Gasteiger partial charge in [-0.15, -0.1) is 0 Å². The summed E-state index contributed by atoms with van der Waals surface area (Å²) in [5.41, 5.74) is 0.689. The maximum Gasteiger partial charge on any atom is 1.00 e. The molecule has 0 fully saturated rings. The summed E-state index contributed by atoms with van der Waals surface area (Å²) >= 11 is 5.82. The fraction of sp³-hybridized carbons (Fsp3) is 0.471. The van der Waals surface area contributed by atoms with Gasteiger partial charge in [0, 0.05) is 36.3 Å². The summed E-state index contributed by atoms with van der Waals surface area (Å²) in [5, 5.41) is 13.9. The van der Waals surface area contributed by atoms with Gasteiger partial charge in [-0.3, -0.25) is 4.79 Å². The number of benzene rings is 1. The molecule has 0 saturated heterocycles. The number of carbonyl (C=O) groups excluding carboxylic acids is 3. The fourth-order valence-electron chi connectivity index (χ4n) is 2.06. The number of alkyl carbamates (subject to hydrolysis) is 1. The second kappa shape index (κ2) is 12.2. The number of halogens is 1. The van der Waals surface area contributed by atoms with E-state index in [1.165, 1.54) is 6.92 Å². The number of nitrogens with one attached hydrogen (secondary N) is 1. The number of amides is 1. The number of carboxylic acid groups (broad SMARTS) is 1. The Labute approximate surface area is 179 Å². The zero-order valence-electron chi connectivity index (χ0n) is 15.3. The zero-order chi connectivity index (χ0) is 19.0. The molecule has 0 aliphatic carbocycles. The van der Waals surface area contributed by atoms with Crippen LogP contribution in [-0.2, 0) is 19.1 Å². The van der Waals surface area contributed by atoms with Gasteiger partial charge < -0.3 is 24.7 Å². The molecule has 0 bridgehead atoms. The van der Waals surface area contributed by atoms with Gasteiger partial charge in [0.25, 0.3) is 6.29 Å². The summed E-state index contributed by atoms with van der Waals surface area (Å²) in [5.74, 6) is -2.55. The summed E-state index contributed by atoms with van der Waals surface area (Å²) in [4.78, 5) is 33.9. The molecule has 0 aliphatic rings. The van der Waals surface area contributed by atoms with Crippen molar-refractivity contribution in [3.8, 4) is 0 Å². The Kier molecular flexibility index (Phi) is 11.6. The molecule has 1 rings (SSSR count). The van der Waals surface area contributed by atoms with Crippen molar-refractivity contribution in [3.05, 3.63) is 34.9 Å². The number of hydrogen-bond donors (Lipinski definition) is 1. The quantitative estimate of drug-likeness (QED) is 0.339. The van der Waals surface area contributed by atoms with Crippen molar-refractivity contribution >= 4 is 29.6 Å². The van der Waals surface area contributed by atoms with Crippen molar-refractivity contribution in [2.75, 3.05) is 6.54 Å². The normalized spacial score (nSPS) is 12.5. The summed E-state index contributed by atoms with van der Waals surface area (Å²) < 4.78 is 9.97. The molecule has 1 aromatic rings. The van der Waals surface area contributed by atoms with Crippen LogP contribution in [0.2, 0.25) is 5.02 Å². The first-order chi connectivity index (χ1) is 11.7. The molecule has 1 N–H and O–H groups in total. The molecule has 0 aromatic heterocycles. The van der Waals surface area contributed by atoms with Gasteiger partial charge in [-0.1, -0.05) is 37.6 Å². The summed E-state index contributed by atoms with van der Waals surface area (Å²) in [7, 11) is 0. The van der Waals surface area contributed by atoms with E-state index in [1.54, 1.807) is 38.1 Å². The van der Waals surface area contributed by atoms with Crippen molar-refractivity contribution < 1.29 is 58.5 Å². The van der Waals surface area contributed by atoms with Crippen molar-refractivity contribution in [1.29, 1.82) is 0 Å². The van der Waals surface area contributed by atoms with E-state index in [0.717, 1.165) is 0 Å². The van der Waals surface area contributed by atoms with Crippen molar-refractivity contribution in [2.24, 2.45) is 5.92 Å². The second-order valence-corrected chi connectivity index (χ2v) is 6.27. The predicted molar refractivity (Wildman–Crippen MR) is 88.7 cm³/mol. The van der Waals surface area contributed by atoms with E-state index in [1.807, 2.05) is 0 Å². The molecular formula is C17H21ClNNaO6. The largest absolute Gasteiger partial charge is 1.00 e. The maximum atomic E-state index is 11.9. The minimum absolute atomic E-state index is 0. The van der Waals surface area contributed by atoms with Gasteiger partial charge >= 0.3 is 41.6 Å². The number of carboxylic acids is 1. The average molecular weight is 394 g/mol. The predicted octanol–water partition coefficient (Wildman–Crippen LogP) is -1.16. The number of hydrogen-bond acceptors (Lipinski definition) is 6. The number of rotatable bonds is 8. The van der Waals surface area contributed by atoms with Crippen LogP contribution in [0.4, 0.5) is 4.79 Å². The smallest absolute Gasteiger partial charge is 0.550 e. The number of aliphatic carboxylic acids is 1. The van der Waals surface area contributed by atoms with Gasteiger partial charge in [-0.05, 0) is 24.1 Å². The minimum atomic E-state index is -1.24. The Morgan fingerprint density at radius 3 is 2.19 bits per heavy atom. The van der Waals surface area contributed by atoms with Crippen LogP contribution in [0.25, 0.3) is 0 Å². The van der Waals surface area contributed by atoms with Gasteiger partial charge in [0.15, 0.2) is 0 Å². The van der Waals surface area contributed by atoms with Gasteiger partial charge in [0.1, 0.15) is 0 Å². The average Bonchev–Trinajstić information content (AvgIpc) is 2.50. The molecule has 1 aromatic carbocycles. The van der Waals surface area contributed by atoms with Gasteiger partial charge in [0.2, 0.25) is 0 Å². The van der Waals surface area contributed by atoms with Crippen molar-refractivity contribution in [2.45, 2.75) is 39.4 Å². The summed E-state index contributed by atoms with van der Waals surface area (Å²) in [6, 6.07) is 6.62. The van der Waals surface area contributed by atoms with E-state index in [0.29, 0.717) is 10.6 Å². The standard InChI is InChI=1S/C17H22ClNO6.Na/c1-10(2)16(24-11(3)20)25-17(23)19-9-13(8-15(21)22)12-4-6-14(18)7-5-12;/h4-7,10,13,16H,8-9H2,1-3H3,(H,19,23)(H,21,22);/q;+1/p-1. The SMILES string of the molecule is CC(=O)OC(OC(=O)NCC(CC(=O)[O-])c1ccc(Cl)cc1)C(C)C.[Na+]. The molecule has 1 amide bonds. The van der Waals surface area contributed by atoms with E-state index in [9.17, 15) is 19.5 Å². The van der Waals surface area contributed by atoms with Crippen LogP contribution in [0.1, 0.15) is 38.7 Å². The van der Waals surface area contributed by atoms with Crippen LogP contribution in [0, 0.1) is 5.92 Å². The Bertz CT molecular complexity index is 608. The zero-order valence-corrected chi connectivity index (χ0v) is 18.0. The van der Waals surface area contributed by atoms with Gasteiger partial charge in [-0.25, -0.2) is 4.79 Å². The molecule has 0 spiro atoms. The van der Waals surface area contributed by atoms with Crippen LogP contribution in [0.3, 0.4) is 0 Å². The van der Waals surface area contributed by atoms with E-state index >= 15 is 0 Å². The molecular weight excluding hydrogens is 373 g/mol.